The standard InChI is InChI=1S/C31H32ClFN2O6/c1-17-6-5-7-21(18(17)2)28-23-12-19(32)8-11-25(23)35(15-31(3,4)16-36)29(38)26(41-28)14-27(37)34-20-9-10-24(33)22(13-20)30(39)40/h5-13,26,28,36H,14-16H2,1-4H3,(H,34,37)(H,39,40)/t26-,28-/m1/s1. The van der Waals surface area contributed by atoms with Crippen LogP contribution in [0.15, 0.2) is 54.6 Å². The van der Waals surface area contributed by atoms with E-state index in [9.17, 15) is 29.0 Å². The van der Waals surface area contributed by atoms with Gasteiger partial charge in [0.15, 0.2) is 0 Å². The number of hydrogen-bond donors (Lipinski definition) is 3. The summed E-state index contributed by atoms with van der Waals surface area (Å²) in [6.45, 7) is 7.50. The summed E-state index contributed by atoms with van der Waals surface area (Å²) < 4.78 is 20.3. The fourth-order valence-corrected chi connectivity index (χ4v) is 4.97. The van der Waals surface area contributed by atoms with Gasteiger partial charge in [0.25, 0.3) is 5.91 Å². The molecule has 1 aliphatic heterocycles. The van der Waals surface area contributed by atoms with Crippen molar-refractivity contribution in [1.82, 2.24) is 0 Å². The van der Waals surface area contributed by atoms with Gasteiger partial charge in [-0.25, -0.2) is 9.18 Å². The zero-order valence-electron chi connectivity index (χ0n) is 23.2. The van der Waals surface area contributed by atoms with E-state index < -0.39 is 53.2 Å². The number of amides is 2. The minimum absolute atomic E-state index is 0.0642. The molecule has 4 rings (SSSR count). The maximum Gasteiger partial charge on any atom is 0.338 e. The quantitative estimate of drug-likeness (QED) is 0.315. The van der Waals surface area contributed by atoms with Crippen LogP contribution in [-0.4, -0.2) is 47.3 Å². The summed E-state index contributed by atoms with van der Waals surface area (Å²) in [6.07, 6.45) is -2.41. The SMILES string of the molecule is Cc1cccc([C@H]2O[C@H](CC(=O)Nc3ccc(F)c(C(=O)O)c3)C(=O)N(CC(C)(C)CO)c3ccc(Cl)cc32)c1C. The summed E-state index contributed by atoms with van der Waals surface area (Å²) in [4.78, 5) is 40.1. The van der Waals surface area contributed by atoms with Crippen molar-refractivity contribution in [3.05, 3.63) is 93.3 Å². The fourth-order valence-electron chi connectivity index (χ4n) is 4.79. The number of anilines is 2. The van der Waals surface area contributed by atoms with Crippen molar-refractivity contribution < 1.29 is 33.7 Å². The van der Waals surface area contributed by atoms with E-state index in [0.29, 0.717) is 16.3 Å². The Balaban J connectivity index is 1.77. The number of aliphatic hydroxyl groups excluding tert-OH is 1. The number of aliphatic hydroxyl groups is 1. The first kappa shape index (κ1) is 30.2. The molecular formula is C31H32ClFN2O6. The number of nitrogens with zero attached hydrogens (tertiary/aromatic N) is 1. The molecule has 0 radical (unpaired) electrons. The van der Waals surface area contributed by atoms with E-state index in [0.717, 1.165) is 28.8 Å². The number of carbonyl (C=O) groups excluding carboxylic acids is 2. The van der Waals surface area contributed by atoms with Crippen molar-refractivity contribution in [3.8, 4) is 0 Å². The second kappa shape index (κ2) is 12.0. The van der Waals surface area contributed by atoms with Gasteiger partial charge in [0, 0.05) is 40.5 Å². The van der Waals surface area contributed by atoms with Crippen molar-refractivity contribution in [2.75, 3.05) is 23.4 Å². The zero-order valence-corrected chi connectivity index (χ0v) is 24.0. The highest BCUT2D eigenvalue weighted by atomic mass is 35.5. The number of nitrogens with one attached hydrogen (secondary N) is 1. The Morgan fingerprint density at radius 1 is 1.10 bits per heavy atom. The number of carbonyl (C=O) groups is 3. The molecule has 0 spiro atoms. The summed E-state index contributed by atoms with van der Waals surface area (Å²) in [5, 5.41) is 22.2. The Hall–Kier alpha value is -3.79. The largest absolute Gasteiger partial charge is 0.478 e. The van der Waals surface area contributed by atoms with Crippen molar-refractivity contribution in [2.45, 2.75) is 46.3 Å². The average molecular weight is 583 g/mol. The fraction of sp³-hybridized carbons (Fsp3) is 0.323. The molecule has 0 aromatic heterocycles. The molecule has 0 bridgehead atoms. The first-order valence-corrected chi connectivity index (χ1v) is 13.4. The number of carboxylic acids is 1. The number of aromatic carboxylic acids is 1. The van der Waals surface area contributed by atoms with E-state index in [1.165, 1.54) is 11.0 Å². The van der Waals surface area contributed by atoms with Crippen LogP contribution in [0.3, 0.4) is 0 Å². The predicted molar refractivity (Wildman–Crippen MR) is 154 cm³/mol. The third kappa shape index (κ3) is 6.59. The topological polar surface area (TPSA) is 116 Å². The number of hydrogen-bond acceptors (Lipinski definition) is 5. The monoisotopic (exact) mass is 582 g/mol. The van der Waals surface area contributed by atoms with Crippen LogP contribution in [-0.2, 0) is 14.3 Å². The molecule has 1 aliphatic rings. The molecule has 3 aromatic rings. The lowest BCUT2D eigenvalue weighted by molar-refractivity contribution is -0.136. The highest BCUT2D eigenvalue weighted by molar-refractivity contribution is 6.30. The molecule has 0 fully saturated rings. The Morgan fingerprint density at radius 3 is 2.51 bits per heavy atom. The lowest BCUT2D eigenvalue weighted by Crippen LogP contribution is -2.46. The summed E-state index contributed by atoms with van der Waals surface area (Å²) >= 11 is 6.42. The van der Waals surface area contributed by atoms with E-state index in [-0.39, 0.29) is 18.8 Å². The molecule has 216 valence electrons. The van der Waals surface area contributed by atoms with Crippen molar-refractivity contribution in [1.29, 1.82) is 0 Å². The summed E-state index contributed by atoms with van der Waals surface area (Å²) in [6, 6.07) is 14.1. The molecule has 3 aromatic carbocycles. The molecule has 0 saturated carbocycles. The second-order valence-electron chi connectivity index (χ2n) is 11.0. The van der Waals surface area contributed by atoms with Crippen molar-refractivity contribution in [2.24, 2.45) is 5.41 Å². The van der Waals surface area contributed by atoms with Gasteiger partial charge in [0.2, 0.25) is 5.91 Å². The second-order valence-corrected chi connectivity index (χ2v) is 11.4. The molecule has 1 heterocycles. The van der Waals surface area contributed by atoms with Crippen LogP contribution in [0.1, 0.15) is 59.0 Å². The lowest BCUT2D eigenvalue weighted by atomic mass is 9.91. The van der Waals surface area contributed by atoms with Gasteiger partial charge in [0.1, 0.15) is 18.0 Å². The minimum atomic E-state index is -1.48. The van der Waals surface area contributed by atoms with Crippen LogP contribution in [0.2, 0.25) is 5.02 Å². The van der Waals surface area contributed by atoms with Gasteiger partial charge in [0.05, 0.1) is 12.0 Å². The van der Waals surface area contributed by atoms with E-state index in [4.69, 9.17) is 16.3 Å². The van der Waals surface area contributed by atoms with Gasteiger partial charge in [-0.2, -0.15) is 0 Å². The van der Waals surface area contributed by atoms with Crippen LogP contribution < -0.4 is 10.2 Å². The van der Waals surface area contributed by atoms with Gasteiger partial charge in [-0.1, -0.05) is 43.6 Å². The molecule has 41 heavy (non-hydrogen) atoms. The highest BCUT2D eigenvalue weighted by Crippen LogP contribution is 2.42. The first-order chi connectivity index (χ1) is 19.3. The normalized spacial score (nSPS) is 17.1. The number of benzene rings is 3. The third-order valence-corrected chi connectivity index (χ3v) is 7.43. The first-order valence-electron chi connectivity index (χ1n) is 13.1. The minimum Gasteiger partial charge on any atom is -0.478 e. The number of rotatable bonds is 8. The molecule has 2 atom stereocenters. The van der Waals surface area contributed by atoms with Gasteiger partial charge >= 0.3 is 5.97 Å². The number of halogens is 2. The molecule has 8 nitrogen and oxygen atoms in total. The maximum absolute atomic E-state index is 14.1. The maximum atomic E-state index is 14.1. The van der Waals surface area contributed by atoms with E-state index in [1.807, 2.05) is 45.9 Å². The van der Waals surface area contributed by atoms with E-state index >= 15 is 0 Å². The number of ether oxygens (including phenoxy) is 1. The predicted octanol–water partition coefficient (Wildman–Crippen LogP) is 5.66. The molecule has 2 amide bonds. The van der Waals surface area contributed by atoms with Gasteiger partial charge in [-0.15, -0.1) is 0 Å². The van der Waals surface area contributed by atoms with Gasteiger partial charge < -0.3 is 25.2 Å². The smallest absolute Gasteiger partial charge is 0.338 e. The molecule has 10 heteroatoms. The zero-order chi connectivity index (χ0) is 30.1. The van der Waals surface area contributed by atoms with Crippen LogP contribution in [0.25, 0.3) is 0 Å². The van der Waals surface area contributed by atoms with Crippen LogP contribution >= 0.6 is 11.6 Å². The summed E-state index contributed by atoms with van der Waals surface area (Å²) in [5.41, 5.74) is 2.76. The molecule has 0 aliphatic carbocycles. The summed E-state index contributed by atoms with van der Waals surface area (Å²) in [7, 11) is 0. The molecule has 0 saturated heterocycles. The lowest BCUT2D eigenvalue weighted by Gasteiger charge is -2.32. The molecular weight excluding hydrogens is 551 g/mol. The number of carboxylic acid groups (broad SMARTS) is 1. The molecule has 3 N–H and O–H groups in total. The van der Waals surface area contributed by atoms with Crippen molar-refractivity contribution >= 4 is 40.8 Å². The Morgan fingerprint density at radius 2 is 1.83 bits per heavy atom. The van der Waals surface area contributed by atoms with Crippen LogP contribution in [0.4, 0.5) is 15.8 Å². The van der Waals surface area contributed by atoms with Crippen molar-refractivity contribution in [3.63, 3.8) is 0 Å². The van der Waals surface area contributed by atoms with Crippen LogP contribution in [0.5, 0.6) is 0 Å². The highest BCUT2D eigenvalue weighted by Gasteiger charge is 2.40. The van der Waals surface area contributed by atoms with Gasteiger partial charge in [-0.3, -0.25) is 9.59 Å². The Kier molecular flexibility index (Phi) is 8.82. The number of fused-ring (bicyclic) bond motifs is 1. The molecule has 0 unspecified atom stereocenters. The third-order valence-electron chi connectivity index (χ3n) is 7.20. The number of aryl methyl sites for hydroxylation is 1. The Labute approximate surface area is 242 Å². The summed E-state index contributed by atoms with van der Waals surface area (Å²) in [5.74, 6) is -3.52. The Bertz CT molecular complexity index is 1510. The van der Waals surface area contributed by atoms with Gasteiger partial charge in [-0.05, 0) is 66.9 Å². The van der Waals surface area contributed by atoms with Crippen LogP contribution in [0, 0.1) is 25.1 Å². The average Bonchev–Trinajstić information content (AvgIpc) is 3.01. The van der Waals surface area contributed by atoms with E-state index in [2.05, 4.69) is 5.32 Å². The van der Waals surface area contributed by atoms with E-state index in [1.54, 1.807) is 18.2 Å².